The molecule has 1 saturated carbocycles. The highest BCUT2D eigenvalue weighted by Crippen LogP contribution is 2.28. The molecule has 132 valence electrons. The van der Waals surface area contributed by atoms with Gasteiger partial charge in [-0.15, -0.1) is 0 Å². The zero-order chi connectivity index (χ0) is 16.5. The third-order valence-corrected chi connectivity index (χ3v) is 4.88. The van der Waals surface area contributed by atoms with E-state index in [-0.39, 0.29) is 11.9 Å². The van der Waals surface area contributed by atoms with Crippen LogP contribution in [0.2, 0.25) is 0 Å². The first-order chi connectivity index (χ1) is 11.2. The molecular weight excluding hydrogens is 294 g/mol. The second kappa shape index (κ2) is 9.75. The molecule has 0 bridgehead atoms. The standard InChI is InChI=1S/C17H31N3O3/c1-23-13-4-8-18-17(22)20-10-5-9-19(11-12-20)16(21)14-15-6-2-3-7-15/h15H,2-14H2,1H3,(H,18,22). The Morgan fingerprint density at radius 3 is 2.48 bits per heavy atom. The second-order valence-corrected chi connectivity index (χ2v) is 6.65. The molecule has 0 aromatic rings. The normalized spacial score (nSPS) is 19.7. The van der Waals surface area contributed by atoms with Gasteiger partial charge < -0.3 is 19.9 Å². The number of carbonyl (C=O) groups is 2. The second-order valence-electron chi connectivity index (χ2n) is 6.65. The number of ether oxygens (including phenoxy) is 1. The summed E-state index contributed by atoms with van der Waals surface area (Å²) in [5.41, 5.74) is 0. The van der Waals surface area contributed by atoms with Crippen LogP contribution in [-0.4, -0.2) is 68.2 Å². The van der Waals surface area contributed by atoms with Crippen molar-refractivity contribution in [3.63, 3.8) is 0 Å². The third-order valence-electron chi connectivity index (χ3n) is 4.88. The first-order valence-electron chi connectivity index (χ1n) is 9.00. The minimum atomic E-state index is -0.0220. The summed E-state index contributed by atoms with van der Waals surface area (Å²) in [4.78, 5) is 28.3. The van der Waals surface area contributed by atoms with Crippen molar-refractivity contribution in [2.75, 3.05) is 46.4 Å². The van der Waals surface area contributed by atoms with E-state index in [4.69, 9.17) is 4.74 Å². The molecule has 1 N–H and O–H groups in total. The molecule has 23 heavy (non-hydrogen) atoms. The molecule has 1 aliphatic carbocycles. The molecule has 0 atom stereocenters. The van der Waals surface area contributed by atoms with Crippen LogP contribution in [0.4, 0.5) is 4.79 Å². The number of hydrogen-bond acceptors (Lipinski definition) is 3. The van der Waals surface area contributed by atoms with E-state index in [0.717, 1.165) is 25.9 Å². The maximum Gasteiger partial charge on any atom is 0.317 e. The van der Waals surface area contributed by atoms with E-state index < -0.39 is 0 Å². The Morgan fingerprint density at radius 1 is 1.04 bits per heavy atom. The van der Waals surface area contributed by atoms with Gasteiger partial charge in [-0.3, -0.25) is 4.79 Å². The van der Waals surface area contributed by atoms with E-state index in [2.05, 4.69) is 5.32 Å². The van der Waals surface area contributed by atoms with Crippen LogP contribution in [0.15, 0.2) is 0 Å². The number of urea groups is 1. The number of amides is 3. The van der Waals surface area contributed by atoms with Crippen LogP contribution in [-0.2, 0) is 9.53 Å². The molecule has 2 rings (SSSR count). The van der Waals surface area contributed by atoms with Crippen molar-refractivity contribution < 1.29 is 14.3 Å². The predicted octanol–water partition coefficient (Wildman–Crippen LogP) is 1.85. The molecule has 0 aromatic carbocycles. The van der Waals surface area contributed by atoms with Gasteiger partial charge in [-0.25, -0.2) is 4.79 Å². The average molecular weight is 325 g/mol. The van der Waals surface area contributed by atoms with Gasteiger partial charge >= 0.3 is 6.03 Å². The lowest BCUT2D eigenvalue weighted by Crippen LogP contribution is -2.43. The fourth-order valence-corrected chi connectivity index (χ4v) is 3.48. The van der Waals surface area contributed by atoms with Crippen LogP contribution in [0.5, 0.6) is 0 Å². The SMILES string of the molecule is COCCCNC(=O)N1CCCN(C(=O)CC2CCCC2)CC1. The quantitative estimate of drug-likeness (QED) is 0.758. The van der Waals surface area contributed by atoms with Gasteiger partial charge in [0.05, 0.1) is 0 Å². The van der Waals surface area contributed by atoms with Crippen molar-refractivity contribution in [1.82, 2.24) is 15.1 Å². The molecular formula is C17H31N3O3. The number of nitrogens with one attached hydrogen (secondary N) is 1. The van der Waals surface area contributed by atoms with Crippen LogP contribution < -0.4 is 5.32 Å². The topological polar surface area (TPSA) is 61.9 Å². The average Bonchev–Trinajstić information content (AvgIpc) is 2.92. The Hall–Kier alpha value is -1.30. The zero-order valence-corrected chi connectivity index (χ0v) is 14.4. The highest BCUT2D eigenvalue weighted by Gasteiger charge is 2.25. The summed E-state index contributed by atoms with van der Waals surface area (Å²) in [5.74, 6) is 0.866. The Balaban J connectivity index is 1.70. The molecule has 6 nitrogen and oxygen atoms in total. The highest BCUT2D eigenvalue weighted by molar-refractivity contribution is 5.77. The summed E-state index contributed by atoms with van der Waals surface area (Å²) in [6, 6.07) is -0.0220. The number of hydrogen-bond donors (Lipinski definition) is 1. The summed E-state index contributed by atoms with van der Waals surface area (Å²) in [6.07, 6.45) is 7.34. The van der Waals surface area contributed by atoms with Crippen LogP contribution in [0, 0.1) is 5.92 Å². The van der Waals surface area contributed by atoms with Crippen molar-refractivity contribution in [1.29, 1.82) is 0 Å². The Kier molecular flexibility index (Phi) is 7.65. The molecule has 0 unspecified atom stereocenters. The molecule has 0 spiro atoms. The Morgan fingerprint density at radius 2 is 1.74 bits per heavy atom. The lowest BCUT2D eigenvalue weighted by Gasteiger charge is -2.23. The number of nitrogens with zero attached hydrogens (tertiary/aromatic N) is 2. The van der Waals surface area contributed by atoms with Gasteiger partial charge in [-0.1, -0.05) is 12.8 Å². The van der Waals surface area contributed by atoms with E-state index >= 15 is 0 Å². The van der Waals surface area contributed by atoms with E-state index in [1.54, 1.807) is 7.11 Å². The molecule has 6 heteroatoms. The predicted molar refractivity (Wildman–Crippen MR) is 89.2 cm³/mol. The van der Waals surface area contributed by atoms with Gasteiger partial charge in [-0.2, -0.15) is 0 Å². The van der Waals surface area contributed by atoms with Gasteiger partial charge in [0.1, 0.15) is 0 Å². The molecule has 3 amide bonds. The van der Waals surface area contributed by atoms with Crippen LogP contribution in [0.1, 0.15) is 44.9 Å². The summed E-state index contributed by atoms with van der Waals surface area (Å²) in [7, 11) is 1.66. The molecule has 2 fully saturated rings. The Bertz CT molecular complexity index is 383. The molecule has 1 saturated heterocycles. The summed E-state index contributed by atoms with van der Waals surface area (Å²) in [5, 5.41) is 2.92. The van der Waals surface area contributed by atoms with Gasteiger partial charge in [0.2, 0.25) is 5.91 Å². The van der Waals surface area contributed by atoms with Crippen molar-refractivity contribution in [2.24, 2.45) is 5.92 Å². The first kappa shape index (κ1) is 18.0. The van der Waals surface area contributed by atoms with Crippen molar-refractivity contribution in [3.8, 4) is 0 Å². The van der Waals surface area contributed by atoms with Gasteiger partial charge in [0, 0.05) is 52.9 Å². The van der Waals surface area contributed by atoms with Crippen LogP contribution in [0.25, 0.3) is 0 Å². The molecule has 2 aliphatic rings. The van der Waals surface area contributed by atoms with Gasteiger partial charge in [-0.05, 0) is 31.6 Å². The van der Waals surface area contributed by atoms with Crippen molar-refractivity contribution in [3.05, 3.63) is 0 Å². The van der Waals surface area contributed by atoms with Crippen molar-refractivity contribution in [2.45, 2.75) is 44.9 Å². The van der Waals surface area contributed by atoms with Gasteiger partial charge in [0.15, 0.2) is 0 Å². The lowest BCUT2D eigenvalue weighted by molar-refractivity contribution is -0.132. The van der Waals surface area contributed by atoms with E-state index in [1.165, 1.54) is 25.7 Å². The number of carbonyl (C=O) groups excluding carboxylic acids is 2. The monoisotopic (exact) mass is 325 g/mol. The van der Waals surface area contributed by atoms with Crippen LogP contribution in [0.3, 0.4) is 0 Å². The molecule has 1 heterocycles. The minimum absolute atomic E-state index is 0.0220. The summed E-state index contributed by atoms with van der Waals surface area (Å²) >= 11 is 0. The molecule has 1 aliphatic heterocycles. The molecule has 0 radical (unpaired) electrons. The number of methoxy groups -OCH3 is 1. The smallest absolute Gasteiger partial charge is 0.317 e. The summed E-state index contributed by atoms with van der Waals surface area (Å²) < 4.78 is 4.97. The number of rotatable bonds is 6. The van der Waals surface area contributed by atoms with E-state index in [1.807, 2.05) is 9.80 Å². The van der Waals surface area contributed by atoms with Crippen LogP contribution >= 0.6 is 0 Å². The molecule has 0 aromatic heterocycles. The maximum absolute atomic E-state index is 12.4. The zero-order valence-electron chi connectivity index (χ0n) is 14.4. The summed E-state index contributed by atoms with van der Waals surface area (Å²) in [6.45, 7) is 4.09. The Labute approximate surface area is 139 Å². The van der Waals surface area contributed by atoms with E-state index in [0.29, 0.717) is 38.6 Å². The van der Waals surface area contributed by atoms with E-state index in [9.17, 15) is 9.59 Å². The maximum atomic E-state index is 12.4. The highest BCUT2D eigenvalue weighted by atomic mass is 16.5. The minimum Gasteiger partial charge on any atom is -0.385 e. The largest absolute Gasteiger partial charge is 0.385 e. The van der Waals surface area contributed by atoms with Gasteiger partial charge in [0.25, 0.3) is 0 Å². The fraction of sp³-hybridized carbons (Fsp3) is 0.882. The lowest BCUT2D eigenvalue weighted by atomic mass is 10.0. The van der Waals surface area contributed by atoms with Crippen molar-refractivity contribution >= 4 is 11.9 Å². The third kappa shape index (κ3) is 6.01. The fourth-order valence-electron chi connectivity index (χ4n) is 3.48. The first-order valence-corrected chi connectivity index (χ1v) is 9.00.